The molecule has 2 N–H and O–H groups in total. The van der Waals surface area contributed by atoms with Crippen molar-refractivity contribution in [3.8, 4) is 17.2 Å². The SMILES string of the molecule is CN=C(NCc1cc(OC)c(OC)c(OC)c1)NCC(c1cccs1)N1CCOCC1.I. The number of ether oxygens (including phenoxy) is 4. The highest BCUT2D eigenvalue weighted by Gasteiger charge is 2.23. The Morgan fingerprint density at radius 1 is 1.12 bits per heavy atom. The molecule has 0 aliphatic carbocycles. The van der Waals surface area contributed by atoms with Gasteiger partial charge in [0.25, 0.3) is 0 Å². The van der Waals surface area contributed by atoms with Crippen LogP contribution in [0.5, 0.6) is 17.2 Å². The largest absolute Gasteiger partial charge is 0.493 e. The van der Waals surface area contributed by atoms with Gasteiger partial charge in [-0.05, 0) is 29.1 Å². The van der Waals surface area contributed by atoms with E-state index < -0.39 is 0 Å². The van der Waals surface area contributed by atoms with E-state index in [1.807, 2.05) is 12.1 Å². The molecule has 178 valence electrons. The first-order chi connectivity index (χ1) is 15.2. The quantitative estimate of drug-likeness (QED) is 0.270. The molecule has 1 aliphatic heterocycles. The van der Waals surface area contributed by atoms with Crippen molar-refractivity contribution in [2.45, 2.75) is 12.6 Å². The zero-order valence-corrected chi connectivity index (χ0v) is 22.2. The number of methoxy groups -OCH3 is 3. The van der Waals surface area contributed by atoms with Crippen molar-refractivity contribution in [2.24, 2.45) is 4.99 Å². The van der Waals surface area contributed by atoms with Crippen molar-refractivity contribution in [3.05, 3.63) is 40.1 Å². The number of hydrogen-bond acceptors (Lipinski definition) is 7. The van der Waals surface area contributed by atoms with Crippen molar-refractivity contribution in [3.63, 3.8) is 0 Å². The van der Waals surface area contributed by atoms with Crippen LogP contribution in [0.15, 0.2) is 34.6 Å². The van der Waals surface area contributed by atoms with Crippen LogP contribution in [-0.2, 0) is 11.3 Å². The number of nitrogens with zero attached hydrogens (tertiary/aromatic N) is 2. The fourth-order valence-electron chi connectivity index (χ4n) is 3.62. The number of nitrogens with one attached hydrogen (secondary N) is 2. The van der Waals surface area contributed by atoms with Gasteiger partial charge in [-0.2, -0.15) is 0 Å². The third kappa shape index (κ3) is 6.87. The molecule has 2 heterocycles. The van der Waals surface area contributed by atoms with Crippen molar-refractivity contribution in [2.75, 3.05) is 61.2 Å². The third-order valence-corrected chi connectivity index (χ3v) is 6.20. The van der Waals surface area contributed by atoms with Crippen LogP contribution in [0.4, 0.5) is 0 Å². The molecule has 0 radical (unpaired) electrons. The van der Waals surface area contributed by atoms with Crippen LogP contribution in [0.2, 0.25) is 0 Å². The molecule has 3 rings (SSSR count). The minimum Gasteiger partial charge on any atom is -0.493 e. The summed E-state index contributed by atoms with van der Waals surface area (Å²) in [6.45, 7) is 4.74. The van der Waals surface area contributed by atoms with E-state index in [0.717, 1.165) is 44.4 Å². The summed E-state index contributed by atoms with van der Waals surface area (Å²) in [5.41, 5.74) is 1.00. The molecule has 0 saturated carbocycles. The maximum absolute atomic E-state index is 5.53. The normalized spacial score (nSPS) is 15.4. The number of benzene rings is 1. The number of halogens is 1. The summed E-state index contributed by atoms with van der Waals surface area (Å²) in [4.78, 5) is 8.20. The standard InChI is InChI=1S/C22H32N4O4S.HI/c1-23-22(24-14-16-12-18(27-2)21(29-4)19(13-16)28-3)25-15-17(20-6-5-11-31-20)26-7-9-30-10-8-26;/h5-6,11-13,17H,7-10,14-15H2,1-4H3,(H2,23,24,25);1H. The average Bonchev–Trinajstić information content (AvgIpc) is 3.35. The van der Waals surface area contributed by atoms with Gasteiger partial charge in [-0.1, -0.05) is 6.07 Å². The molecule has 1 fully saturated rings. The van der Waals surface area contributed by atoms with E-state index in [0.29, 0.717) is 23.8 Å². The van der Waals surface area contributed by atoms with Crippen LogP contribution >= 0.6 is 35.3 Å². The van der Waals surface area contributed by atoms with Gasteiger partial charge in [0.15, 0.2) is 17.5 Å². The van der Waals surface area contributed by atoms with Crippen molar-refractivity contribution in [1.82, 2.24) is 15.5 Å². The topological polar surface area (TPSA) is 76.6 Å². The Hall–Kier alpha value is -1.76. The highest BCUT2D eigenvalue weighted by atomic mass is 127. The zero-order valence-electron chi connectivity index (χ0n) is 19.1. The Balaban J connectivity index is 0.00000363. The molecule has 1 saturated heterocycles. The van der Waals surface area contributed by atoms with Gasteiger partial charge in [0.05, 0.1) is 40.6 Å². The Morgan fingerprint density at radius 2 is 1.81 bits per heavy atom. The van der Waals surface area contributed by atoms with Gasteiger partial charge in [0.1, 0.15) is 0 Å². The number of morpholine rings is 1. The van der Waals surface area contributed by atoms with E-state index in [1.165, 1.54) is 4.88 Å². The lowest BCUT2D eigenvalue weighted by molar-refractivity contribution is 0.0177. The van der Waals surface area contributed by atoms with E-state index in [1.54, 1.807) is 39.7 Å². The maximum atomic E-state index is 5.53. The lowest BCUT2D eigenvalue weighted by Gasteiger charge is -2.34. The van der Waals surface area contributed by atoms with Crippen molar-refractivity contribution < 1.29 is 18.9 Å². The molecule has 1 atom stereocenters. The summed E-state index contributed by atoms with van der Waals surface area (Å²) in [7, 11) is 6.61. The Bertz CT molecular complexity index is 819. The van der Waals surface area contributed by atoms with E-state index in [-0.39, 0.29) is 30.0 Å². The molecule has 1 aromatic heterocycles. The van der Waals surface area contributed by atoms with Crippen molar-refractivity contribution in [1.29, 1.82) is 0 Å². The van der Waals surface area contributed by atoms with Crippen LogP contribution in [0, 0.1) is 0 Å². The van der Waals surface area contributed by atoms with Crippen LogP contribution in [-0.4, -0.2) is 72.1 Å². The predicted molar refractivity (Wildman–Crippen MR) is 139 cm³/mol. The van der Waals surface area contributed by atoms with Crippen molar-refractivity contribution >= 4 is 41.3 Å². The Morgan fingerprint density at radius 3 is 2.34 bits per heavy atom. The molecule has 2 aromatic rings. The molecule has 1 unspecified atom stereocenters. The van der Waals surface area contributed by atoms with Gasteiger partial charge in [0.2, 0.25) is 5.75 Å². The number of hydrogen-bond donors (Lipinski definition) is 2. The smallest absolute Gasteiger partial charge is 0.203 e. The molecule has 32 heavy (non-hydrogen) atoms. The summed E-state index contributed by atoms with van der Waals surface area (Å²) in [5, 5.41) is 8.98. The molecule has 0 amide bonds. The molecule has 0 spiro atoms. The average molecular weight is 577 g/mol. The molecule has 1 aromatic carbocycles. The second-order valence-corrected chi connectivity index (χ2v) is 8.00. The minimum absolute atomic E-state index is 0. The molecule has 10 heteroatoms. The van der Waals surface area contributed by atoms with Crippen LogP contribution in [0.1, 0.15) is 16.5 Å². The highest BCUT2D eigenvalue weighted by Crippen LogP contribution is 2.38. The number of thiophene rings is 1. The number of aliphatic imine (C=N–C) groups is 1. The van der Waals surface area contributed by atoms with Crippen LogP contribution in [0.25, 0.3) is 0 Å². The summed E-state index contributed by atoms with van der Waals surface area (Å²) in [6.07, 6.45) is 0. The molecular formula is C22H33IN4O4S. The Kier molecular flexibility index (Phi) is 11.4. The zero-order chi connectivity index (χ0) is 22.1. The van der Waals surface area contributed by atoms with Gasteiger partial charge in [-0.15, -0.1) is 35.3 Å². The first kappa shape index (κ1) is 26.5. The first-order valence-electron chi connectivity index (χ1n) is 10.3. The predicted octanol–water partition coefficient (Wildman–Crippen LogP) is 3.13. The Labute approximate surface area is 211 Å². The second kappa shape index (κ2) is 13.7. The lowest BCUT2D eigenvalue weighted by Crippen LogP contribution is -2.46. The summed E-state index contributed by atoms with van der Waals surface area (Å²) in [6, 6.07) is 8.45. The third-order valence-electron chi connectivity index (χ3n) is 5.23. The maximum Gasteiger partial charge on any atom is 0.203 e. The van der Waals surface area contributed by atoms with Gasteiger partial charge in [-0.3, -0.25) is 9.89 Å². The van der Waals surface area contributed by atoms with Gasteiger partial charge < -0.3 is 29.6 Å². The van der Waals surface area contributed by atoms with Crippen LogP contribution in [0.3, 0.4) is 0 Å². The number of rotatable bonds is 9. The molecule has 8 nitrogen and oxygen atoms in total. The first-order valence-corrected chi connectivity index (χ1v) is 11.2. The highest BCUT2D eigenvalue weighted by molar-refractivity contribution is 14.0. The monoisotopic (exact) mass is 576 g/mol. The van der Waals surface area contributed by atoms with E-state index in [9.17, 15) is 0 Å². The molecule has 1 aliphatic rings. The van der Waals surface area contributed by atoms with Gasteiger partial charge in [-0.25, -0.2) is 0 Å². The molecule has 0 bridgehead atoms. The van der Waals surface area contributed by atoms with Gasteiger partial charge in [0, 0.05) is 38.1 Å². The van der Waals surface area contributed by atoms with E-state index in [4.69, 9.17) is 18.9 Å². The molecular weight excluding hydrogens is 543 g/mol. The lowest BCUT2D eigenvalue weighted by atomic mass is 10.1. The summed E-state index contributed by atoms with van der Waals surface area (Å²) < 4.78 is 21.8. The van der Waals surface area contributed by atoms with Gasteiger partial charge >= 0.3 is 0 Å². The summed E-state index contributed by atoms with van der Waals surface area (Å²) in [5.74, 6) is 2.59. The second-order valence-electron chi connectivity index (χ2n) is 7.02. The van der Waals surface area contributed by atoms with Crippen LogP contribution < -0.4 is 24.8 Å². The fourth-order valence-corrected chi connectivity index (χ4v) is 4.48. The van der Waals surface area contributed by atoms with E-state index >= 15 is 0 Å². The summed E-state index contributed by atoms with van der Waals surface area (Å²) >= 11 is 1.78. The fraction of sp³-hybridized carbons (Fsp3) is 0.500. The van der Waals surface area contributed by atoms with E-state index in [2.05, 4.69) is 38.0 Å². The minimum atomic E-state index is 0. The number of guanidine groups is 1.